The normalized spacial score (nSPS) is 8.10. The summed E-state index contributed by atoms with van der Waals surface area (Å²) in [6.45, 7) is 3.44. The van der Waals surface area contributed by atoms with Gasteiger partial charge in [-0.25, -0.2) is 0 Å². The van der Waals surface area contributed by atoms with E-state index in [-0.39, 0.29) is 5.11 Å². The highest BCUT2D eigenvalue weighted by Crippen LogP contribution is 1.86. The van der Waals surface area contributed by atoms with Gasteiger partial charge in [0, 0.05) is 0 Å². The summed E-state index contributed by atoms with van der Waals surface area (Å²) in [6.07, 6.45) is 0. The molecule has 0 bridgehead atoms. The number of hydrogen-bond donors (Lipinski definition) is 4. The minimum absolute atomic E-state index is 0.118. The van der Waals surface area contributed by atoms with E-state index in [1.165, 1.54) is 0 Å². The van der Waals surface area contributed by atoms with Crippen molar-refractivity contribution in [1.29, 1.82) is 0 Å². The predicted octanol–water partition coefficient (Wildman–Crippen LogP) is 0.0951. The minimum Gasteiger partial charge on any atom is -0.376 e. The quantitative estimate of drug-likeness (QED) is 0.351. The fraction of sp³-hybridized carbons (Fsp3) is 0. The monoisotopic (exact) mass is 193 g/mol. The van der Waals surface area contributed by atoms with Gasteiger partial charge < -0.3 is 16.4 Å². The van der Waals surface area contributed by atoms with E-state index in [0.29, 0.717) is 10.1 Å². The summed E-state index contributed by atoms with van der Waals surface area (Å²) >= 11 is 13.1. The second-order valence-corrected chi connectivity index (χ2v) is 2.78. The Kier molecular flexibility index (Phi) is 4.33. The molecule has 10 heavy (non-hydrogen) atoms. The van der Waals surface area contributed by atoms with Crippen LogP contribution in [0.15, 0.2) is 11.6 Å². The van der Waals surface area contributed by atoms with Crippen LogP contribution in [-0.2, 0) is 0 Å². The van der Waals surface area contributed by atoms with Crippen molar-refractivity contribution in [2.45, 2.75) is 0 Å². The Morgan fingerprint density at radius 3 is 2.20 bits per heavy atom. The molecule has 0 unspecified atom stereocenters. The Morgan fingerprint density at radius 1 is 1.40 bits per heavy atom. The van der Waals surface area contributed by atoms with Gasteiger partial charge in [-0.3, -0.25) is 0 Å². The molecule has 0 heterocycles. The van der Waals surface area contributed by atoms with Crippen molar-refractivity contribution in [3.8, 4) is 0 Å². The molecule has 3 nitrogen and oxygen atoms in total. The van der Waals surface area contributed by atoms with Crippen LogP contribution in [0.2, 0.25) is 0 Å². The van der Waals surface area contributed by atoms with Gasteiger partial charge in [0.1, 0.15) is 0 Å². The van der Waals surface area contributed by atoms with Crippen LogP contribution in [0.1, 0.15) is 0 Å². The topological polar surface area (TPSA) is 50.1 Å². The fourth-order valence-corrected chi connectivity index (χ4v) is 0.861. The first-order valence-corrected chi connectivity index (χ1v) is 3.54. The van der Waals surface area contributed by atoms with Crippen molar-refractivity contribution in [1.82, 2.24) is 10.6 Å². The number of thiocarbonyl (C=S) groups is 2. The Morgan fingerprint density at radius 2 is 1.90 bits per heavy atom. The number of hydrogen-bond acceptors (Lipinski definition) is 3. The van der Waals surface area contributed by atoms with Gasteiger partial charge in [0.05, 0.1) is 5.03 Å². The molecule has 0 fully saturated rings. The molecule has 0 atom stereocenters. The number of thiol groups is 1. The summed E-state index contributed by atoms with van der Waals surface area (Å²) in [4.78, 5) is 0. The molecular formula is C4H7N3S3. The Labute approximate surface area is 75.5 Å². The molecule has 0 aromatic heterocycles. The van der Waals surface area contributed by atoms with E-state index in [1.54, 1.807) is 0 Å². The summed E-state index contributed by atoms with van der Waals surface area (Å²) in [5.74, 6) is 0. The number of nitrogens with two attached hydrogens (primary N) is 1. The summed E-state index contributed by atoms with van der Waals surface area (Å²) in [5, 5.41) is 5.95. The lowest BCUT2D eigenvalue weighted by molar-refractivity contribution is 1.19. The van der Waals surface area contributed by atoms with Crippen LogP contribution in [0.25, 0.3) is 0 Å². The van der Waals surface area contributed by atoms with Crippen LogP contribution in [0.3, 0.4) is 0 Å². The molecule has 0 aliphatic carbocycles. The second kappa shape index (κ2) is 4.48. The van der Waals surface area contributed by atoms with Crippen LogP contribution in [0.4, 0.5) is 0 Å². The first kappa shape index (κ1) is 9.67. The van der Waals surface area contributed by atoms with Crippen LogP contribution in [0, 0.1) is 0 Å². The van der Waals surface area contributed by atoms with Crippen molar-refractivity contribution in [2.75, 3.05) is 0 Å². The molecule has 0 amide bonds. The lowest BCUT2D eigenvalue weighted by Crippen LogP contribution is -2.40. The Hall–Kier alpha value is -0.330. The van der Waals surface area contributed by atoms with Crippen LogP contribution < -0.4 is 16.4 Å². The van der Waals surface area contributed by atoms with Gasteiger partial charge in [0.25, 0.3) is 0 Å². The van der Waals surface area contributed by atoms with Crippen molar-refractivity contribution in [3.05, 3.63) is 11.6 Å². The number of rotatable bonds is 1. The zero-order valence-electron chi connectivity index (χ0n) is 5.05. The van der Waals surface area contributed by atoms with Gasteiger partial charge in [-0.05, 0) is 24.4 Å². The van der Waals surface area contributed by atoms with E-state index in [1.807, 2.05) is 0 Å². The zero-order valence-corrected chi connectivity index (χ0v) is 7.58. The van der Waals surface area contributed by atoms with E-state index in [2.05, 4.69) is 42.1 Å². The van der Waals surface area contributed by atoms with Gasteiger partial charge in [-0.2, -0.15) is 0 Å². The first-order valence-electron chi connectivity index (χ1n) is 2.27. The SMILES string of the molecule is C=C(S)NC(=S)NC(N)=S. The van der Waals surface area contributed by atoms with E-state index < -0.39 is 0 Å². The third-order valence-corrected chi connectivity index (χ3v) is 0.913. The lowest BCUT2D eigenvalue weighted by Gasteiger charge is -2.06. The Bertz CT molecular complexity index is 159. The molecular weight excluding hydrogens is 186 g/mol. The molecule has 0 rings (SSSR count). The van der Waals surface area contributed by atoms with E-state index in [0.717, 1.165) is 0 Å². The smallest absolute Gasteiger partial charge is 0.177 e. The summed E-state index contributed by atoms with van der Waals surface area (Å²) in [5.41, 5.74) is 5.11. The average Bonchev–Trinajstić information content (AvgIpc) is 1.58. The van der Waals surface area contributed by atoms with Gasteiger partial charge in [-0.15, -0.1) is 12.6 Å². The molecule has 56 valence electrons. The van der Waals surface area contributed by atoms with Crippen LogP contribution >= 0.6 is 37.1 Å². The molecule has 0 spiro atoms. The van der Waals surface area contributed by atoms with Crippen molar-refractivity contribution in [3.63, 3.8) is 0 Å². The molecule has 0 saturated heterocycles. The minimum atomic E-state index is 0.118. The average molecular weight is 193 g/mol. The maximum atomic E-state index is 5.11. The van der Waals surface area contributed by atoms with Gasteiger partial charge in [0.15, 0.2) is 10.2 Å². The van der Waals surface area contributed by atoms with Gasteiger partial charge in [0.2, 0.25) is 0 Å². The summed E-state index contributed by atoms with van der Waals surface area (Å²) in [7, 11) is 0. The van der Waals surface area contributed by atoms with Crippen molar-refractivity contribution in [2.24, 2.45) is 5.73 Å². The molecule has 6 heteroatoms. The maximum absolute atomic E-state index is 5.11. The second-order valence-electron chi connectivity index (χ2n) is 1.39. The molecule has 0 aromatic carbocycles. The van der Waals surface area contributed by atoms with Crippen molar-refractivity contribution >= 4 is 47.3 Å². The lowest BCUT2D eigenvalue weighted by atomic mass is 10.9. The van der Waals surface area contributed by atoms with Crippen LogP contribution in [0.5, 0.6) is 0 Å². The summed E-state index contributed by atoms with van der Waals surface area (Å²) in [6, 6.07) is 0. The highest BCUT2D eigenvalue weighted by molar-refractivity contribution is 7.84. The molecule has 0 aliphatic rings. The van der Waals surface area contributed by atoms with Crippen molar-refractivity contribution < 1.29 is 0 Å². The largest absolute Gasteiger partial charge is 0.376 e. The highest BCUT2D eigenvalue weighted by Gasteiger charge is 1.93. The maximum Gasteiger partial charge on any atom is 0.177 e. The molecule has 4 N–H and O–H groups in total. The zero-order chi connectivity index (χ0) is 8.15. The fourth-order valence-electron chi connectivity index (χ4n) is 0.274. The van der Waals surface area contributed by atoms with Gasteiger partial charge in [-0.1, -0.05) is 6.58 Å². The number of nitrogens with one attached hydrogen (secondary N) is 2. The standard InChI is InChI=1S/C4H7N3S3/c1-2(8)6-4(10)7-3(5)9/h8H,1H2,(H4,5,6,7,9,10). The molecule has 0 radical (unpaired) electrons. The van der Waals surface area contributed by atoms with E-state index in [9.17, 15) is 0 Å². The third-order valence-electron chi connectivity index (χ3n) is 0.495. The molecule has 0 aliphatic heterocycles. The first-order chi connectivity index (χ1) is 4.52. The van der Waals surface area contributed by atoms with Gasteiger partial charge >= 0.3 is 0 Å². The summed E-state index contributed by atoms with van der Waals surface area (Å²) < 4.78 is 0. The van der Waals surface area contributed by atoms with E-state index in [4.69, 9.17) is 18.0 Å². The molecule has 0 aromatic rings. The Balaban J connectivity index is 3.65. The highest BCUT2D eigenvalue weighted by atomic mass is 32.1. The molecule has 0 saturated carbocycles. The third kappa shape index (κ3) is 5.80. The van der Waals surface area contributed by atoms with E-state index >= 15 is 0 Å². The predicted molar refractivity (Wildman–Crippen MR) is 53.8 cm³/mol. The van der Waals surface area contributed by atoms with Crippen LogP contribution in [-0.4, -0.2) is 10.2 Å².